The van der Waals surface area contributed by atoms with E-state index in [2.05, 4.69) is 0 Å². The summed E-state index contributed by atoms with van der Waals surface area (Å²) in [5.74, 6) is 0.0820. The third kappa shape index (κ3) is 3.58. The molecule has 0 aliphatic heterocycles. The number of phenolic OH excluding ortho intramolecular Hbond substituents is 2. The zero-order valence-electron chi connectivity index (χ0n) is 12.7. The fraction of sp³-hybridized carbons (Fsp3) is 0.0526. The normalized spacial score (nSPS) is 10.6. The van der Waals surface area contributed by atoms with Gasteiger partial charge in [-0.25, -0.2) is 0 Å². The smallest absolute Gasteiger partial charge is 0.158 e. The minimum Gasteiger partial charge on any atom is -0.508 e. The molecule has 3 nitrogen and oxygen atoms in total. The molecule has 0 saturated carbocycles. The molecular weight excluding hydrogens is 345 g/mol. The number of phenols is 2. The lowest BCUT2D eigenvalue weighted by Gasteiger charge is -2.26. The van der Waals surface area contributed by atoms with Gasteiger partial charge in [-0.15, -0.1) is 0 Å². The van der Waals surface area contributed by atoms with Crippen molar-refractivity contribution < 1.29 is 10.2 Å². The van der Waals surface area contributed by atoms with Gasteiger partial charge in [-0.1, -0.05) is 59.6 Å². The minimum absolute atomic E-state index is 0.0552. The molecule has 0 aliphatic rings. The second-order valence-corrected chi connectivity index (χ2v) is 6.19. The predicted octanol–water partition coefficient (Wildman–Crippen LogP) is 5.74. The highest BCUT2D eigenvalue weighted by atomic mass is 35.5. The summed E-state index contributed by atoms with van der Waals surface area (Å²) in [6.07, 6.45) is 0. The maximum Gasteiger partial charge on any atom is 0.158 e. The van der Waals surface area contributed by atoms with Crippen LogP contribution in [0.5, 0.6) is 11.5 Å². The number of hydrogen-bond donors (Lipinski definition) is 2. The molecule has 5 heteroatoms. The van der Waals surface area contributed by atoms with Gasteiger partial charge in [0.1, 0.15) is 5.75 Å². The van der Waals surface area contributed by atoms with E-state index in [0.29, 0.717) is 22.9 Å². The lowest BCUT2D eigenvalue weighted by molar-refractivity contribution is 0.473. The van der Waals surface area contributed by atoms with Gasteiger partial charge in [0, 0.05) is 23.3 Å². The highest BCUT2D eigenvalue weighted by Crippen LogP contribution is 2.41. The zero-order valence-corrected chi connectivity index (χ0v) is 14.2. The highest BCUT2D eigenvalue weighted by molar-refractivity contribution is 6.36. The van der Waals surface area contributed by atoms with Crippen molar-refractivity contribution in [3.63, 3.8) is 0 Å². The Labute approximate surface area is 150 Å². The first kappa shape index (κ1) is 16.5. The first-order chi connectivity index (χ1) is 11.5. The standard InChI is InChI=1S/C19H15Cl2NO2/c20-14-9-17(21)19(24)18(10-14)22(12-13-5-2-1-3-6-13)15-7-4-8-16(23)11-15/h1-11,23-24H,12H2. The number of hydrogen-bond acceptors (Lipinski definition) is 3. The van der Waals surface area contributed by atoms with Crippen molar-refractivity contribution >= 4 is 34.6 Å². The third-order valence-corrected chi connectivity index (χ3v) is 4.13. The minimum atomic E-state index is -0.0552. The van der Waals surface area contributed by atoms with Crippen LogP contribution >= 0.6 is 23.2 Å². The molecule has 24 heavy (non-hydrogen) atoms. The van der Waals surface area contributed by atoms with E-state index >= 15 is 0 Å². The monoisotopic (exact) mass is 359 g/mol. The Hall–Kier alpha value is -2.36. The van der Waals surface area contributed by atoms with Crippen LogP contribution in [0.2, 0.25) is 10.0 Å². The van der Waals surface area contributed by atoms with Crippen LogP contribution in [0.25, 0.3) is 0 Å². The zero-order chi connectivity index (χ0) is 17.1. The van der Waals surface area contributed by atoms with Crippen LogP contribution in [0.15, 0.2) is 66.7 Å². The summed E-state index contributed by atoms with van der Waals surface area (Å²) in [6, 6.07) is 19.7. The molecule has 0 radical (unpaired) electrons. The van der Waals surface area contributed by atoms with E-state index < -0.39 is 0 Å². The Balaban J connectivity index is 2.12. The molecule has 0 fully saturated rings. The van der Waals surface area contributed by atoms with E-state index in [-0.39, 0.29) is 16.5 Å². The largest absolute Gasteiger partial charge is 0.508 e. The van der Waals surface area contributed by atoms with Crippen molar-refractivity contribution in [3.05, 3.63) is 82.3 Å². The highest BCUT2D eigenvalue weighted by Gasteiger charge is 2.17. The molecule has 0 spiro atoms. The third-order valence-electron chi connectivity index (χ3n) is 3.62. The number of rotatable bonds is 4. The van der Waals surface area contributed by atoms with Crippen LogP contribution in [0.3, 0.4) is 0 Å². The maximum atomic E-state index is 10.4. The fourth-order valence-corrected chi connectivity index (χ4v) is 2.98. The molecular formula is C19H15Cl2NO2. The SMILES string of the molecule is Oc1cccc(N(Cc2ccccc2)c2cc(Cl)cc(Cl)c2O)c1. The summed E-state index contributed by atoms with van der Waals surface area (Å²) < 4.78 is 0. The second-order valence-electron chi connectivity index (χ2n) is 5.35. The summed E-state index contributed by atoms with van der Waals surface area (Å²) >= 11 is 12.2. The number of nitrogens with zero attached hydrogens (tertiary/aromatic N) is 1. The van der Waals surface area contributed by atoms with Gasteiger partial charge in [0.2, 0.25) is 0 Å². The van der Waals surface area contributed by atoms with Gasteiger partial charge < -0.3 is 15.1 Å². The lowest BCUT2D eigenvalue weighted by atomic mass is 10.1. The average molecular weight is 360 g/mol. The number of anilines is 2. The molecule has 0 aliphatic carbocycles. The van der Waals surface area contributed by atoms with Crippen LogP contribution < -0.4 is 4.90 Å². The quantitative estimate of drug-likeness (QED) is 0.623. The number of benzene rings is 3. The Kier molecular flexibility index (Phi) is 4.84. The molecule has 0 amide bonds. The van der Waals surface area contributed by atoms with Crippen LogP contribution in [0, 0.1) is 0 Å². The van der Waals surface area contributed by atoms with Gasteiger partial charge in [0.05, 0.1) is 10.7 Å². The Bertz CT molecular complexity index is 853. The van der Waals surface area contributed by atoms with Gasteiger partial charge in [-0.3, -0.25) is 0 Å². The summed E-state index contributed by atoms with van der Waals surface area (Å²) in [5, 5.41) is 20.8. The van der Waals surface area contributed by atoms with Crippen LogP contribution in [0.4, 0.5) is 11.4 Å². The first-order valence-electron chi connectivity index (χ1n) is 7.33. The van der Waals surface area contributed by atoms with Crippen LogP contribution in [-0.2, 0) is 6.54 Å². The van der Waals surface area contributed by atoms with Gasteiger partial charge in [-0.05, 0) is 29.8 Å². The van der Waals surface area contributed by atoms with Crippen molar-refractivity contribution in [2.24, 2.45) is 0 Å². The van der Waals surface area contributed by atoms with E-state index in [9.17, 15) is 10.2 Å². The van der Waals surface area contributed by atoms with Crippen molar-refractivity contribution in [1.82, 2.24) is 0 Å². The molecule has 0 atom stereocenters. The first-order valence-corrected chi connectivity index (χ1v) is 8.08. The summed E-state index contributed by atoms with van der Waals surface area (Å²) in [5.41, 5.74) is 2.23. The Morgan fingerprint density at radius 3 is 2.29 bits per heavy atom. The fourth-order valence-electron chi connectivity index (χ4n) is 2.50. The molecule has 3 rings (SSSR count). The number of aromatic hydroxyl groups is 2. The molecule has 3 aromatic rings. The molecule has 122 valence electrons. The molecule has 3 aromatic carbocycles. The molecule has 0 bridgehead atoms. The predicted molar refractivity (Wildman–Crippen MR) is 98.5 cm³/mol. The van der Waals surface area contributed by atoms with Crippen molar-refractivity contribution in [2.45, 2.75) is 6.54 Å². The maximum absolute atomic E-state index is 10.4. The van der Waals surface area contributed by atoms with E-state index in [1.807, 2.05) is 41.3 Å². The second kappa shape index (κ2) is 7.04. The van der Waals surface area contributed by atoms with E-state index in [1.54, 1.807) is 24.3 Å². The van der Waals surface area contributed by atoms with E-state index in [4.69, 9.17) is 23.2 Å². The molecule has 0 unspecified atom stereocenters. The van der Waals surface area contributed by atoms with Crippen LogP contribution in [-0.4, -0.2) is 10.2 Å². The van der Waals surface area contributed by atoms with Crippen LogP contribution in [0.1, 0.15) is 5.56 Å². The molecule has 0 aromatic heterocycles. The van der Waals surface area contributed by atoms with Gasteiger partial charge in [0.25, 0.3) is 0 Å². The lowest BCUT2D eigenvalue weighted by Crippen LogP contribution is -2.16. The van der Waals surface area contributed by atoms with E-state index in [0.717, 1.165) is 5.56 Å². The van der Waals surface area contributed by atoms with E-state index in [1.165, 1.54) is 6.07 Å². The topological polar surface area (TPSA) is 43.7 Å². The van der Waals surface area contributed by atoms with Gasteiger partial charge in [0.15, 0.2) is 5.75 Å². The van der Waals surface area contributed by atoms with Gasteiger partial charge in [-0.2, -0.15) is 0 Å². The average Bonchev–Trinajstić information content (AvgIpc) is 2.57. The Morgan fingerprint density at radius 2 is 1.58 bits per heavy atom. The molecule has 0 heterocycles. The Morgan fingerprint density at radius 1 is 0.833 bits per heavy atom. The summed E-state index contributed by atoms with van der Waals surface area (Å²) in [4.78, 5) is 1.85. The van der Waals surface area contributed by atoms with Gasteiger partial charge >= 0.3 is 0 Å². The van der Waals surface area contributed by atoms with Crippen molar-refractivity contribution in [2.75, 3.05) is 4.90 Å². The molecule has 2 N–H and O–H groups in total. The molecule has 0 saturated heterocycles. The summed E-state index contributed by atoms with van der Waals surface area (Å²) in [7, 11) is 0. The van der Waals surface area contributed by atoms with Crippen molar-refractivity contribution in [3.8, 4) is 11.5 Å². The van der Waals surface area contributed by atoms with Crippen molar-refractivity contribution in [1.29, 1.82) is 0 Å². The number of halogens is 2. The summed E-state index contributed by atoms with van der Waals surface area (Å²) in [6.45, 7) is 0.481.